The SMILES string of the molecule is CCC(CN)C(=O)Nc1c(Br)cc(Br)cc1C(=O)O. The number of nitrogens with one attached hydrogen (secondary N) is 1. The van der Waals surface area contributed by atoms with Gasteiger partial charge in [-0.15, -0.1) is 0 Å². The maximum Gasteiger partial charge on any atom is 0.337 e. The molecule has 0 saturated carbocycles. The van der Waals surface area contributed by atoms with Crippen molar-refractivity contribution < 1.29 is 14.7 Å². The topological polar surface area (TPSA) is 92.4 Å². The van der Waals surface area contributed by atoms with Crippen LogP contribution in [-0.4, -0.2) is 23.5 Å². The Labute approximate surface area is 127 Å². The third-order valence-corrected chi connectivity index (χ3v) is 3.76. The van der Waals surface area contributed by atoms with Gasteiger partial charge in [-0.3, -0.25) is 4.79 Å². The monoisotopic (exact) mass is 392 g/mol. The summed E-state index contributed by atoms with van der Waals surface area (Å²) in [7, 11) is 0. The van der Waals surface area contributed by atoms with Gasteiger partial charge in [0.1, 0.15) is 0 Å². The van der Waals surface area contributed by atoms with Crippen molar-refractivity contribution in [3.8, 4) is 0 Å². The average molecular weight is 394 g/mol. The summed E-state index contributed by atoms with van der Waals surface area (Å²) in [5.74, 6) is -1.73. The largest absolute Gasteiger partial charge is 0.478 e. The predicted molar refractivity (Wildman–Crippen MR) is 80.3 cm³/mol. The van der Waals surface area contributed by atoms with Gasteiger partial charge in [0.2, 0.25) is 5.91 Å². The van der Waals surface area contributed by atoms with Crippen molar-refractivity contribution in [1.29, 1.82) is 0 Å². The zero-order chi connectivity index (χ0) is 14.6. The Kier molecular flexibility index (Phi) is 5.96. The lowest BCUT2D eigenvalue weighted by atomic mass is 10.1. The minimum absolute atomic E-state index is 0.0153. The van der Waals surface area contributed by atoms with Crippen LogP contribution >= 0.6 is 31.9 Å². The van der Waals surface area contributed by atoms with E-state index in [0.717, 1.165) is 0 Å². The summed E-state index contributed by atoms with van der Waals surface area (Å²) in [4.78, 5) is 23.2. The number of hydrogen-bond donors (Lipinski definition) is 3. The molecule has 1 amide bonds. The number of halogens is 2. The minimum atomic E-state index is -1.11. The zero-order valence-electron chi connectivity index (χ0n) is 10.2. The number of hydrogen-bond acceptors (Lipinski definition) is 3. The fraction of sp³-hybridized carbons (Fsp3) is 0.333. The van der Waals surface area contributed by atoms with E-state index in [0.29, 0.717) is 15.4 Å². The fourth-order valence-electron chi connectivity index (χ4n) is 1.55. The Balaban J connectivity index is 3.13. The molecular formula is C12H14Br2N2O3. The molecule has 0 aliphatic heterocycles. The summed E-state index contributed by atoms with van der Waals surface area (Å²) in [5.41, 5.74) is 5.76. The number of anilines is 1. The second-order valence-corrected chi connectivity index (χ2v) is 5.72. The number of carbonyl (C=O) groups is 2. The van der Waals surface area contributed by atoms with Gasteiger partial charge in [0.15, 0.2) is 0 Å². The molecule has 0 aromatic heterocycles. The first-order chi connectivity index (χ1) is 8.90. The molecule has 0 heterocycles. The summed E-state index contributed by atoms with van der Waals surface area (Å²) in [6.45, 7) is 2.07. The van der Waals surface area contributed by atoms with Gasteiger partial charge in [0, 0.05) is 15.5 Å². The number of carboxylic acids is 1. The molecule has 0 saturated heterocycles. The van der Waals surface area contributed by atoms with Crippen molar-refractivity contribution in [2.24, 2.45) is 11.7 Å². The third-order valence-electron chi connectivity index (χ3n) is 2.68. The van der Waals surface area contributed by atoms with Crippen LogP contribution in [0.3, 0.4) is 0 Å². The Morgan fingerprint density at radius 2 is 2.05 bits per heavy atom. The summed E-state index contributed by atoms with van der Waals surface area (Å²) < 4.78 is 1.11. The van der Waals surface area contributed by atoms with Crippen LogP contribution in [0.1, 0.15) is 23.7 Å². The first kappa shape index (κ1) is 16.1. The molecule has 1 aromatic rings. The molecule has 1 aromatic carbocycles. The van der Waals surface area contributed by atoms with Crippen molar-refractivity contribution in [1.82, 2.24) is 0 Å². The summed E-state index contributed by atoms with van der Waals surface area (Å²) >= 11 is 6.46. The number of aromatic carboxylic acids is 1. The van der Waals surface area contributed by atoms with Gasteiger partial charge in [0.25, 0.3) is 0 Å². The Morgan fingerprint density at radius 3 is 2.53 bits per heavy atom. The van der Waals surface area contributed by atoms with Gasteiger partial charge >= 0.3 is 5.97 Å². The first-order valence-electron chi connectivity index (χ1n) is 5.64. The van der Waals surface area contributed by atoms with Crippen LogP contribution in [0.15, 0.2) is 21.1 Å². The van der Waals surface area contributed by atoms with Gasteiger partial charge in [-0.25, -0.2) is 4.79 Å². The number of nitrogens with two attached hydrogens (primary N) is 1. The smallest absolute Gasteiger partial charge is 0.337 e. The van der Waals surface area contributed by atoms with Crippen molar-refractivity contribution in [3.05, 3.63) is 26.6 Å². The average Bonchev–Trinajstić information content (AvgIpc) is 2.33. The van der Waals surface area contributed by atoms with E-state index in [1.54, 1.807) is 6.07 Å². The van der Waals surface area contributed by atoms with Crippen molar-refractivity contribution in [2.75, 3.05) is 11.9 Å². The normalized spacial score (nSPS) is 12.0. The van der Waals surface area contributed by atoms with E-state index in [1.165, 1.54) is 6.07 Å². The lowest BCUT2D eigenvalue weighted by Crippen LogP contribution is -2.29. The maximum absolute atomic E-state index is 12.0. The molecule has 5 nitrogen and oxygen atoms in total. The van der Waals surface area contributed by atoms with E-state index in [1.807, 2.05) is 6.92 Å². The van der Waals surface area contributed by atoms with Crippen molar-refractivity contribution in [2.45, 2.75) is 13.3 Å². The molecule has 104 valence electrons. The Hall–Kier alpha value is -0.920. The van der Waals surface area contributed by atoms with Crippen molar-refractivity contribution in [3.63, 3.8) is 0 Å². The third kappa shape index (κ3) is 4.02. The number of amides is 1. The standard InChI is InChI=1S/C12H14Br2N2O3/c1-2-6(5-15)11(17)16-10-8(12(18)19)3-7(13)4-9(10)14/h3-4,6H,2,5,15H2,1H3,(H,16,17)(H,18,19). The lowest BCUT2D eigenvalue weighted by Gasteiger charge is -2.15. The highest BCUT2D eigenvalue weighted by molar-refractivity contribution is 9.11. The molecule has 19 heavy (non-hydrogen) atoms. The van der Waals surface area contributed by atoms with Crippen LogP contribution in [0.5, 0.6) is 0 Å². The van der Waals surface area contributed by atoms with Crippen LogP contribution in [0, 0.1) is 5.92 Å². The molecule has 0 aliphatic carbocycles. The van der Waals surface area contributed by atoms with Crippen LogP contribution < -0.4 is 11.1 Å². The number of rotatable bonds is 5. The minimum Gasteiger partial charge on any atom is -0.478 e. The van der Waals surface area contributed by atoms with Crippen molar-refractivity contribution >= 4 is 49.4 Å². The van der Waals surface area contributed by atoms with Gasteiger partial charge < -0.3 is 16.2 Å². The predicted octanol–water partition coefficient (Wildman–Crippen LogP) is 2.83. The second-order valence-electron chi connectivity index (χ2n) is 3.95. The molecule has 1 rings (SSSR count). The molecule has 0 bridgehead atoms. The van der Waals surface area contributed by atoms with E-state index in [9.17, 15) is 9.59 Å². The van der Waals surface area contributed by atoms with Crippen LogP contribution in [0.2, 0.25) is 0 Å². The quantitative estimate of drug-likeness (QED) is 0.717. The Bertz CT molecular complexity index is 502. The molecule has 0 fully saturated rings. The fourth-order valence-corrected chi connectivity index (χ4v) is 2.88. The van der Waals surface area contributed by atoms with E-state index in [4.69, 9.17) is 10.8 Å². The van der Waals surface area contributed by atoms with Gasteiger partial charge in [-0.1, -0.05) is 22.9 Å². The second kappa shape index (κ2) is 7.02. The molecule has 1 unspecified atom stereocenters. The maximum atomic E-state index is 12.0. The molecule has 0 radical (unpaired) electrons. The summed E-state index contributed by atoms with van der Waals surface area (Å²) in [6.07, 6.45) is 0.596. The van der Waals surface area contributed by atoms with E-state index >= 15 is 0 Å². The Morgan fingerprint density at radius 1 is 1.42 bits per heavy atom. The summed E-state index contributed by atoms with van der Waals surface area (Å²) in [5, 5.41) is 11.8. The van der Waals surface area contributed by atoms with Gasteiger partial charge in [-0.05, 0) is 34.5 Å². The number of carboxylic acid groups (broad SMARTS) is 1. The molecule has 0 spiro atoms. The highest BCUT2D eigenvalue weighted by Crippen LogP contribution is 2.31. The van der Waals surface area contributed by atoms with E-state index in [-0.39, 0.29) is 29.6 Å². The van der Waals surface area contributed by atoms with Crippen LogP contribution in [0.25, 0.3) is 0 Å². The number of carbonyl (C=O) groups excluding carboxylic acids is 1. The molecule has 4 N–H and O–H groups in total. The number of benzene rings is 1. The van der Waals surface area contributed by atoms with Gasteiger partial charge in [0.05, 0.1) is 17.2 Å². The highest BCUT2D eigenvalue weighted by atomic mass is 79.9. The highest BCUT2D eigenvalue weighted by Gasteiger charge is 2.20. The lowest BCUT2D eigenvalue weighted by molar-refractivity contribution is -0.119. The summed E-state index contributed by atoms with van der Waals surface area (Å²) in [6, 6.07) is 3.11. The molecule has 1 atom stereocenters. The van der Waals surface area contributed by atoms with Crippen LogP contribution in [-0.2, 0) is 4.79 Å². The molecule has 7 heteroatoms. The molecular weight excluding hydrogens is 380 g/mol. The zero-order valence-corrected chi connectivity index (χ0v) is 13.4. The van der Waals surface area contributed by atoms with Crippen LogP contribution in [0.4, 0.5) is 5.69 Å². The molecule has 0 aliphatic rings. The van der Waals surface area contributed by atoms with E-state index in [2.05, 4.69) is 37.2 Å². The van der Waals surface area contributed by atoms with E-state index < -0.39 is 5.97 Å². The van der Waals surface area contributed by atoms with Gasteiger partial charge in [-0.2, -0.15) is 0 Å². The first-order valence-corrected chi connectivity index (χ1v) is 7.22.